The van der Waals surface area contributed by atoms with E-state index in [4.69, 9.17) is 0 Å². The molecular weight excluding hydrogens is 310 g/mol. The lowest BCUT2D eigenvalue weighted by Gasteiger charge is -2.24. The second-order valence-electron chi connectivity index (χ2n) is 6.97. The highest BCUT2D eigenvalue weighted by atomic mass is 15.1. The highest BCUT2D eigenvalue weighted by molar-refractivity contribution is 5.81. The minimum Gasteiger partial charge on any atom is -0.343 e. The summed E-state index contributed by atoms with van der Waals surface area (Å²) in [7, 11) is 2.18. The van der Waals surface area contributed by atoms with E-state index in [1.807, 2.05) is 24.7 Å². The molecule has 1 aliphatic rings. The predicted octanol–water partition coefficient (Wildman–Crippen LogP) is 3.06. The summed E-state index contributed by atoms with van der Waals surface area (Å²) in [6.45, 7) is 4.04. The zero-order valence-electron chi connectivity index (χ0n) is 14.7. The van der Waals surface area contributed by atoms with Crippen LogP contribution in [0.2, 0.25) is 0 Å². The summed E-state index contributed by atoms with van der Waals surface area (Å²) in [4.78, 5) is 14.7. The van der Waals surface area contributed by atoms with Crippen molar-refractivity contribution in [2.45, 2.75) is 31.8 Å². The van der Waals surface area contributed by atoms with Gasteiger partial charge in [0.1, 0.15) is 5.65 Å². The van der Waals surface area contributed by atoms with Crippen molar-refractivity contribution in [1.82, 2.24) is 25.2 Å². The maximum absolute atomic E-state index is 4.55. The van der Waals surface area contributed by atoms with Crippen LogP contribution in [0.15, 0.2) is 42.9 Å². The molecule has 0 amide bonds. The van der Waals surface area contributed by atoms with Crippen molar-refractivity contribution < 1.29 is 0 Å². The molecule has 3 aromatic heterocycles. The fraction of sp³-hybridized carbons (Fsp3) is 0.400. The fourth-order valence-electron chi connectivity index (χ4n) is 3.85. The Balaban J connectivity index is 1.62. The van der Waals surface area contributed by atoms with Gasteiger partial charge >= 0.3 is 0 Å². The smallest absolute Gasteiger partial charge is 0.137 e. The molecule has 1 saturated heterocycles. The molecule has 25 heavy (non-hydrogen) atoms. The van der Waals surface area contributed by atoms with Gasteiger partial charge in [-0.25, -0.2) is 4.98 Å². The maximum Gasteiger partial charge on any atom is 0.137 e. The van der Waals surface area contributed by atoms with E-state index < -0.39 is 0 Å². The van der Waals surface area contributed by atoms with Crippen molar-refractivity contribution in [1.29, 1.82) is 0 Å². The normalized spacial score (nSPS) is 15.9. The Morgan fingerprint density at radius 2 is 1.88 bits per heavy atom. The third-order valence-corrected chi connectivity index (χ3v) is 5.09. The summed E-state index contributed by atoms with van der Waals surface area (Å²) in [5, 5.41) is 4.73. The van der Waals surface area contributed by atoms with Crippen molar-refractivity contribution in [2.75, 3.05) is 20.1 Å². The molecule has 0 radical (unpaired) electrons. The van der Waals surface area contributed by atoms with Crippen molar-refractivity contribution >= 4 is 11.0 Å². The molecule has 0 saturated carbocycles. The molecule has 130 valence electrons. The summed E-state index contributed by atoms with van der Waals surface area (Å²) < 4.78 is 0. The molecule has 0 aromatic carbocycles. The first-order valence-corrected chi connectivity index (χ1v) is 9.05. The van der Waals surface area contributed by atoms with Crippen molar-refractivity contribution in [3.8, 4) is 0 Å². The lowest BCUT2D eigenvalue weighted by Crippen LogP contribution is -2.27. The quantitative estimate of drug-likeness (QED) is 0.752. The minimum atomic E-state index is 0.597. The summed E-state index contributed by atoms with van der Waals surface area (Å²) in [5.74, 6) is 0.597. The van der Waals surface area contributed by atoms with E-state index in [1.165, 1.54) is 35.0 Å². The van der Waals surface area contributed by atoms with Gasteiger partial charge in [-0.15, -0.1) is 0 Å². The van der Waals surface area contributed by atoms with E-state index in [0.29, 0.717) is 5.92 Å². The van der Waals surface area contributed by atoms with Crippen LogP contribution < -0.4 is 5.32 Å². The van der Waals surface area contributed by atoms with Gasteiger partial charge in [-0.05, 0) is 68.4 Å². The Kier molecular flexibility index (Phi) is 4.76. The van der Waals surface area contributed by atoms with E-state index in [9.17, 15) is 0 Å². The summed E-state index contributed by atoms with van der Waals surface area (Å²) in [6.07, 6.45) is 7.97. The van der Waals surface area contributed by atoms with Crippen LogP contribution >= 0.6 is 0 Å². The number of aromatic amines is 1. The summed E-state index contributed by atoms with van der Waals surface area (Å²) in [5.41, 5.74) is 5.10. The number of nitrogens with zero attached hydrogens (tertiary/aromatic N) is 3. The van der Waals surface area contributed by atoms with Crippen molar-refractivity contribution in [3.63, 3.8) is 0 Å². The minimum absolute atomic E-state index is 0.597. The number of fused-ring (bicyclic) bond motifs is 1. The third kappa shape index (κ3) is 3.57. The molecule has 0 atom stereocenters. The van der Waals surface area contributed by atoms with Crippen LogP contribution in [0.5, 0.6) is 0 Å². The second-order valence-corrected chi connectivity index (χ2v) is 6.97. The van der Waals surface area contributed by atoms with E-state index in [1.54, 1.807) is 0 Å². The molecule has 5 nitrogen and oxygen atoms in total. The molecule has 0 aliphatic carbocycles. The first kappa shape index (κ1) is 16.2. The topological polar surface area (TPSA) is 56.8 Å². The number of pyridine rings is 2. The van der Waals surface area contributed by atoms with E-state index in [0.717, 1.165) is 31.8 Å². The number of hydrogen-bond acceptors (Lipinski definition) is 4. The lowest BCUT2D eigenvalue weighted by atomic mass is 9.91. The Hall–Kier alpha value is -2.24. The lowest BCUT2D eigenvalue weighted by molar-refractivity contribution is 0.317. The van der Waals surface area contributed by atoms with Crippen LogP contribution in [0.3, 0.4) is 0 Å². The first-order chi connectivity index (χ1) is 12.3. The fourth-order valence-corrected chi connectivity index (χ4v) is 3.85. The Bertz CT molecular complexity index is 820. The molecule has 4 rings (SSSR count). The summed E-state index contributed by atoms with van der Waals surface area (Å²) in [6, 6.07) is 8.40. The molecule has 0 bridgehead atoms. The van der Waals surface area contributed by atoms with Gasteiger partial charge in [-0.2, -0.15) is 0 Å². The molecule has 2 N–H and O–H groups in total. The predicted molar refractivity (Wildman–Crippen MR) is 100 cm³/mol. The van der Waals surface area contributed by atoms with Gasteiger partial charge in [0.25, 0.3) is 0 Å². The van der Waals surface area contributed by atoms with Crippen LogP contribution in [-0.4, -0.2) is 40.0 Å². The van der Waals surface area contributed by atoms with Crippen molar-refractivity contribution in [2.24, 2.45) is 0 Å². The van der Waals surface area contributed by atoms with Gasteiger partial charge in [-0.1, -0.05) is 0 Å². The van der Waals surface area contributed by atoms with Crippen LogP contribution in [0.1, 0.15) is 35.6 Å². The van der Waals surface area contributed by atoms with Crippen LogP contribution in [0.25, 0.3) is 11.0 Å². The largest absolute Gasteiger partial charge is 0.343 e. The molecule has 1 aliphatic heterocycles. The molecule has 3 aromatic rings. The van der Waals surface area contributed by atoms with Gasteiger partial charge in [-0.3, -0.25) is 9.88 Å². The van der Waals surface area contributed by atoms with Crippen LogP contribution in [0.4, 0.5) is 0 Å². The van der Waals surface area contributed by atoms with Crippen LogP contribution in [0, 0.1) is 0 Å². The van der Waals surface area contributed by atoms with E-state index >= 15 is 0 Å². The zero-order valence-corrected chi connectivity index (χ0v) is 14.7. The highest BCUT2D eigenvalue weighted by Crippen LogP contribution is 2.32. The Labute approximate surface area is 148 Å². The molecular formula is C20H25N5. The average molecular weight is 335 g/mol. The standard InChI is InChI=1S/C20H25N5/c1-25(13-15-4-9-21-10-5-15)14-18-17-3-2-8-23-20(17)24-19(18)16-6-11-22-12-7-16/h2-5,8-10,16,22H,6-7,11-14H2,1H3,(H,23,24). The Morgan fingerprint density at radius 1 is 1.08 bits per heavy atom. The number of H-pyrrole nitrogens is 1. The number of hydrogen-bond donors (Lipinski definition) is 2. The number of aromatic nitrogens is 3. The van der Waals surface area contributed by atoms with Crippen LogP contribution in [-0.2, 0) is 13.1 Å². The Morgan fingerprint density at radius 3 is 2.68 bits per heavy atom. The SMILES string of the molecule is CN(Cc1ccncc1)Cc1c(C2CCNCC2)[nH]c2ncccc12. The second kappa shape index (κ2) is 7.33. The average Bonchev–Trinajstić information content (AvgIpc) is 3.02. The van der Waals surface area contributed by atoms with Gasteiger partial charge in [0.2, 0.25) is 0 Å². The zero-order chi connectivity index (χ0) is 17.1. The van der Waals surface area contributed by atoms with Gasteiger partial charge in [0.15, 0.2) is 0 Å². The molecule has 1 fully saturated rings. The number of piperidine rings is 1. The third-order valence-electron chi connectivity index (χ3n) is 5.09. The first-order valence-electron chi connectivity index (χ1n) is 9.05. The van der Waals surface area contributed by atoms with Gasteiger partial charge < -0.3 is 10.3 Å². The molecule has 0 unspecified atom stereocenters. The number of nitrogens with one attached hydrogen (secondary N) is 2. The monoisotopic (exact) mass is 335 g/mol. The van der Waals surface area contributed by atoms with Gasteiger partial charge in [0, 0.05) is 48.7 Å². The molecule has 4 heterocycles. The van der Waals surface area contributed by atoms with Gasteiger partial charge in [0.05, 0.1) is 0 Å². The van der Waals surface area contributed by atoms with Crippen molar-refractivity contribution in [3.05, 3.63) is 59.7 Å². The molecule has 0 spiro atoms. The van der Waals surface area contributed by atoms with E-state index in [2.05, 4.69) is 50.4 Å². The summed E-state index contributed by atoms with van der Waals surface area (Å²) >= 11 is 0. The highest BCUT2D eigenvalue weighted by Gasteiger charge is 2.23. The number of rotatable bonds is 5. The maximum atomic E-state index is 4.55. The molecule has 5 heteroatoms. The van der Waals surface area contributed by atoms with E-state index in [-0.39, 0.29) is 0 Å².